The molecule has 32 heavy (non-hydrogen) atoms. The quantitative estimate of drug-likeness (QED) is 0.266. The first-order valence-corrected chi connectivity index (χ1v) is 12.1. The highest BCUT2D eigenvalue weighted by molar-refractivity contribution is 7.92. The topological polar surface area (TPSA) is 109 Å². The van der Waals surface area contributed by atoms with Crippen LogP contribution in [0.4, 0.5) is 5.69 Å². The van der Waals surface area contributed by atoms with E-state index in [-0.39, 0.29) is 11.0 Å². The number of benzene rings is 2. The van der Waals surface area contributed by atoms with E-state index in [4.69, 9.17) is 28.6 Å². The van der Waals surface area contributed by atoms with E-state index in [0.717, 1.165) is 19.4 Å². The molecule has 0 spiro atoms. The number of thiocarbonyl (C=S) groups is 1. The van der Waals surface area contributed by atoms with Gasteiger partial charge in [-0.1, -0.05) is 35.9 Å². The van der Waals surface area contributed by atoms with Gasteiger partial charge in [0, 0.05) is 19.2 Å². The van der Waals surface area contributed by atoms with Crippen molar-refractivity contribution in [1.82, 2.24) is 16.2 Å². The molecule has 1 aliphatic heterocycles. The molecule has 1 fully saturated rings. The van der Waals surface area contributed by atoms with Crippen LogP contribution in [-0.2, 0) is 19.6 Å². The predicted molar refractivity (Wildman–Crippen MR) is 129 cm³/mol. The Morgan fingerprint density at radius 3 is 2.59 bits per heavy atom. The van der Waals surface area contributed by atoms with E-state index in [1.807, 2.05) is 0 Å². The molecule has 0 saturated carbocycles. The highest BCUT2D eigenvalue weighted by Crippen LogP contribution is 2.24. The number of carbonyl (C=O) groups excluding carboxylic acids is 1. The minimum Gasteiger partial charge on any atom is -0.376 e. The molecule has 1 saturated heterocycles. The molecule has 170 valence electrons. The first-order chi connectivity index (χ1) is 15.3. The number of halogens is 1. The van der Waals surface area contributed by atoms with Crippen LogP contribution in [0.15, 0.2) is 59.5 Å². The van der Waals surface area contributed by atoms with Gasteiger partial charge in [-0.15, -0.1) is 0 Å². The van der Waals surface area contributed by atoms with Gasteiger partial charge in [0.15, 0.2) is 5.11 Å². The maximum absolute atomic E-state index is 12.5. The number of hydrogen-bond acceptors (Lipinski definition) is 5. The lowest BCUT2D eigenvalue weighted by Gasteiger charge is -2.13. The van der Waals surface area contributed by atoms with Crippen LogP contribution in [-0.4, -0.2) is 38.7 Å². The van der Waals surface area contributed by atoms with Crippen molar-refractivity contribution in [3.05, 3.63) is 65.2 Å². The van der Waals surface area contributed by atoms with E-state index < -0.39 is 15.9 Å². The third-order valence-corrected chi connectivity index (χ3v) is 6.51. The number of hydrazine groups is 1. The summed E-state index contributed by atoms with van der Waals surface area (Å²) in [6.07, 6.45) is 5.02. The lowest BCUT2D eigenvalue weighted by molar-refractivity contribution is -0.116. The standard InChI is InChI=1S/C21H23ClN4O4S2/c22-18-5-1-2-6-19(18)26-32(28,29)17-10-7-15(8-11-17)9-12-20(27)24-25-21(31)23-14-16-4-3-13-30-16/h1-2,5-12,16,26H,3-4,13-14H2,(H,24,27)(H2,23,25,31)/b12-9+. The molecule has 4 N–H and O–H groups in total. The maximum Gasteiger partial charge on any atom is 0.262 e. The number of amides is 1. The second kappa shape index (κ2) is 11.3. The van der Waals surface area contributed by atoms with E-state index in [1.165, 1.54) is 18.2 Å². The second-order valence-corrected chi connectivity index (χ2v) is 9.44. The number of hydrogen-bond donors (Lipinski definition) is 4. The van der Waals surface area contributed by atoms with Crippen molar-refractivity contribution in [2.75, 3.05) is 17.9 Å². The molecule has 0 radical (unpaired) electrons. The average molecular weight is 495 g/mol. The zero-order valence-electron chi connectivity index (χ0n) is 17.0. The van der Waals surface area contributed by atoms with Crippen LogP contribution in [0.2, 0.25) is 5.02 Å². The van der Waals surface area contributed by atoms with Gasteiger partial charge in [-0.25, -0.2) is 8.42 Å². The Balaban J connectivity index is 1.48. The molecule has 0 aliphatic carbocycles. The molecule has 8 nitrogen and oxygen atoms in total. The SMILES string of the molecule is O=C(/C=C/c1ccc(S(=O)(=O)Nc2ccccc2Cl)cc1)NNC(=S)NCC1CCCO1. The fourth-order valence-corrected chi connectivity index (χ4v) is 4.35. The summed E-state index contributed by atoms with van der Waals surface area (Å²) in [7, 11) is -3.79. The predicted octanol–water partition coefficient (Wildman–Crippen LogP) is 2.83. The fourth-order valence-electron chi connectivity index (χ4n) is 2.89. The first-order valence-electron chi connectivity index (χ1n) is 9.84. The Morgan fingerprint density at radius 1 is 1.16 bits per heavy atom. The molecule has 1 heterocycles. The van der Waals surface area contributed by atoms with Crippen molar-refractivity contribution < 1.29 is 17.9 Å². The zero-order chi connectivity index (χ0) is 23.0. The summed E-state index contributed by atoms with van der Waals surface area (Å²) in [4.78, 5) is 12.0. The van der Waals surface area contributed by atoms with Crippen LogP contribution in [0.3, 0.4) is 0 Å². The lowest BCUT2D eigenvalue weighted by atomic mass is 10.2. The van der Waals surface area contributed by atoms with Gasteiger partial charge < -0.3 is 10.1 Å². The Labute approximate surface area is 197 Å². The summed E-state index contributed by atoms with van der Waals surface area (Å²) in [5.74, 6) is -0.414. The van der Waals surface area contributed by atoms with E-state index in [0.29, 0.717) is 27.9 Å². The normalized spacial score (nSPS) is 16.0. The van der Waals surface area contributed by atoms with Crippen LogP contribution in [0.1, 0.15) is 18.4 Å². The van der Waals surface area contributed by atoms with Crippen molar-refractivity contribution in [2.24, 2.45) is 0 Å². The third-order valence-electron chi connectivity index (χ3n) is 4.55. The minimum absolute atomic E-state index is 0.0725. The fraction of sp³-hybridized carbons (Fsp3) is 0.238. The summed E-state index contributed by atoms with van der Waals surface area (Å²) in [5, 5.41) is 3.58. The molecule has 3 rings (SSSR count). The monoisotopic (exact) mass is 494 g/mol. The van der Waals surface area contributed by atoms with Gasteiger partial charge in [-0.2, -0.15) is 0 Å². The molecule has 2 aromatic carbocycles. The number of anilines is 1. The van der Waals surface area contributed by atoms with Crippen molar-refractivity contribution >= 4 is 56.6 Å². The molecule has 1 aliphatic rings. The number of carbonyl (C=O) groups is 1. The third kappa shape index (κ3) is 7.20. The number of nitrogens with one attached hydrogen (secondary N) is 4. The van der Waals surface area contributed by atoms with Gasteiger partial charge in [0.25, 0.3) is 15.9 Å². The van der Waals surface area contributed by atoms with Crippen molar-refractivity contribution in [3.8, 4) is 0 Å². The largest absolute Gasteiger partial charge is 0.376 e. The van der Waals surface area contributed by atoms with Crippen LogP contribution in [0.5, 0.6) is 0 Å². The highest BCUT2D eigenvalue weighted by Gasteiger charge is 2.16. The van der Waals surface area contributed by atoms with Gasteiger partial charge in [0.05, 0.1) is 21.7 Å². The van der Waals surface area contributed by atoms with Gasteiger partial charge >= 0.3 is 0 Å². The lowest BCUT2D eigenvalue weighted by Crippen LogP contribution is -2.47. The summed E-state index contributed by atoms with van der Waals surface area (Å²) in [5.41, 5.74) is 6.02. The second-order valence-electron chi connectivity index (χ2n) is 6.95. The number of para-hydroxylation sites is 1. The molecule has 0 bridgehead atoms. The Bertz CT molecular complexity index is 1090. The van der Waals surface area contributed by atoms with E-state index in [2.05, 4.69) is 20.9 Å². The Hall–Kier alpha value is -2.66. The zero-order valence-corrected chi connectivity index (χ0v) is 19.4. The number of rotatable bonds is 7. The van der Waals surface area contributed by atoms with Crippen LogP contribution in [0.25, 0.3) is 6.08 Å². The summed E-state index contributed by atoms with van der Waals surface area (Å²) < 4.78 is 33.0. The van der Waals surface area contributed by atoms with Crippen LogP contribution in [0, 0.1) is 0 Å². The molecule has 0 aromatic heterocycles. The van der Waals surface area contributed by atoms with E-state index >= 15 is 0 Å². The van der Waals surface area contributed by atoms with Gasteiger partial charge in [0.2, 0.25) is 0 Å². The van der Waals surface area contributed by atoms with Gasteiger partial charge in [0.1, 0.15) is 0 Å². The Kier molecular flexibility index (Phi) is 8.46. The van der Waals surface area contributed by atoms with Gasteiger partial charge in [-0.05, 0) is 61.0 Å². The molecule has 1 amide bonds. The van der Waals surface area contributed by atoms with E-state index in [1.54, 1.807) is 42.5 Å². The van der Waals surface area contributed by atoms with Crippen molar-refractivity contribution in [1.29, 1.82) is 0 Å². The van der Waals surface area contributed by atoms with Crippen molar-refractivity contribution in [2.45, 2.75) is 23.8 Å². The Morgan fingerprint density at radius 2 is 1.91 bits per heavy atom. The molecule has 1 unspecified atom stereocenters. The average Bonchev–Trinajstić information content (AvgIpc) is 3.30. The maximum atomic E-state index is 12.5. The van der Waals surface area contributed by atoms with Crippen LogP contribution >= 0.6 is 23.8 Å². The summed E-state index contributed by atoms with van der Waals surface area (Å²) >= 11 is 11.1. The van der Waals surface area contributed by atoms with Gasteiger partial charge in [-0.3, -0.25) is 20.4 Å². The highest BCUT2D eigenvalue weighted by atomic mass is 35.5. The molecule has 2 aromatic rings. The smallest absolute Gasteiger partial charge is 0.262 e. The van der Waals surface area contributed by atoms with E-state index in [9.17, 15) is 13.2 Å². The summed E-state index contributed by atoms with van der Waals surface area (Å²) in [6, 6.07) is 12.6. The molecular formula is C21H23ClN4O4S2. The number of sulfonamides is 1. The van der Waals surface area contributed by atoms with Crippen molar-refractivity contribution in [3.63, 3.8) is 0 Å². The molecule has 1 atom stereocenters. The molecule has 11 heteroatoms. The minimum atomic E-state index is -3.79. The van der Waals surface area contributed by atoms with Crippen LogP contribution < -0.4 is 20.9 Å². The first kappa shape index (κ1) is 24.0. The summed E-state index contributed by atoms with van der Waals surface area (Å²) in [6.45, 7) is 1.34. The number of ether oxygens (including phenoxy) is 1. The molecular weight excluding hydrogens is 472 g/mol.